The van der Waals surface area contributed by atoms with Gasteiger partial charge in [-0.15, -0.1) is 0 Å². The van der Waals surface area contributed by atoms with Gasteiger partial charge in [0.05, 0.1) is 18.9 Å². The van der Waals surface area contributed by atoms with Crippen LogP contribution in [-0.4, -0.2) is 44.0 Å². The fraction of sp³-hybridized carbons (Fsp3) is 0.833. The van der Waals surface area contributed by atoms with Crippen LogP contribution in [0.5, 0.6) is 0 Å². The van der Waals surface area contributed by atoms with Gasteiger partial charge in [-0.3, -0.25) is 9.59 Å². The molecule has 0 aliphatic rings. The molecule has 0 aliphatic heterocycles. The highest BCUT2D eigenvalue weighted by atomic mass is 16.5. The Balaban J connectivity index is 4.33. The molecule has 0 rings (SSSR count). The zero-order valence-electron chi connectivity index (χ0n) is 11.2. The largest absolute Gasteiger partial charge is 0.469 e. The predicted molar refractivity (Wildman–Crippen MR) is 66.3 cm³/mol. The monoisotopic (exact) mass is 244 g/mol. The number of methoxy groups -OCH3 is 1. The number of amides is 1. The Labute approximate surface area is 103 Å². The smallest absolute Gasteiger partial charge is 0.310 e. The number of hydrogen-bond donors (Lipinski definition) is 1. The van der Waals surface area contributed by atoms with Crippen LogP contribution < -0.4 is 5.73 Å². The minimum absolute atomic E-state index is 0.00473. The van der Waals surface area contributed by atoms with Crippen LogP contribution in [0.15, 0.2) is 0 Å². The van der Waals surface area contributed by atoms with Crippen LogP contribution in [-0.2, 0) is 14.3 Å². The van der Waals surface area contributed by atoms with Crippen molar-refractivity contribution in [2.24, 2.45) is 17.6 Å². The molecule has 0 aliphatic carbocycles. The number of esters is 1. The minimum atomic E-state index is -0.311. The summed E-state index contributed by atoms with van der Waals surface area (Å²) in [6, 6.07) is 0. The number of nitrogens with two attached hydrogens (primary N) is 1. The number of carbonyl (C=O) groups is 2. The van der Waals surface area contributed by atoms with Gasteiger partial charge in [-0.05, 0) is 6.42 Å². The van der Waals surface area contributed by atoms with Crippen molar-refractivity contribution in [3.8, 4) is 0 Å². The van der Waals surface area contributed by atoms with Crippen molar-refractivity contribution in [3.05, 3.63) is 0 Å². The Morgan fingerprint density at radius 3 is 2.41 bits per heavy atom. The van der Waals surface area contributed by atoms with Crippen molar-refractivity contribution >= 4 is 11.9 Å². The summed E-state index contributed by atoms with van der Waals surface area (Å²) >= 11 is 0. The molecular weight excluding hydrogens is 220 g/mol. The Bertz CT molecular complexity index is 256. The SMILES string of the molecule is CCCC(CN)C(=O)N(C)CC(C)C(=O)OC. The summed E-state index contributed by atoms with van der Waals surface area (Å²) in [5.74, 6) is -0.751. The van der Waals surface area contributed by atoms with E-state index >= 15 is 0 Å². The summed E-state index contributed by atoms with van der Waals surface area (Å²) in [4.78, 5) is 24.8. The fourth-order valence-electron chi connectivity index (χ4n) is 1.78. The van der Waals surface area contributed by atoms with E-state index in [1.807, 2.05) is 6.92 Å². The van der Waals surface area contributed by atoms with Crippen LogP contribution in [0, 0.1) is 11.8 Å². The second-order valence-electron chi connectivity index (χ2n) is 4.36. The molecule has 5 heteroatoms. The number of nitrogens with zero attached hydrogens (tertiary/aromatic N) is 1. The highest BCUT2D eigenvalue weighted by Gasteiger charge is 2.23. The second kappa shape index (κ2) is 8.06. The van der Waals surface area contributed by atoms with Crippen LogP contribution in [0.25, 0.3) is 0 Å². The van der Waals surface area contributed by atoms with Crippen LogP contribution in [0.1, 0.15) is 26.7 Å². The molecular formula is C12H24N2O3. The summed E-state index contributed by atoms with van der Waals surface area (Å²) in [5, 5.41) is 0. The third kappa shape index (κ3) is 5.17. The third-order valence-corrected chi connectivity index (χ3v) is 2.80. The highest BCUT2D eigenvalue weighted by Crippen LogP contribution is 2.10. The quantitative estimate of drug-likeness (QED) is 0.667. The summed E-state index contributed by atoms with van der Waals surface area (Å²) < 4.78 is 4.63. The fourth-order valence-corrected chi connectivity index (χ4v) is 1.78. The molecule has 17 heavy (non-hydrogen) atoms. The normalized spacial score (nSPS) is 13.9. The maximum Gasteiger partial charge on any atom is 0.310 e. The van der Waals surface area contributed by atoms with E-state index in [4.69, 9.17) is 5.73 Å². The molecule has 0 radical (unpaired) electrons. The van der Waals surface area contributed by atoms with Gasteiger partial charge in [0.1, 0.15) is 0 Å². The zero-order chi connectivity index (χ0) is 13.4. The molecule has 0 spiro atoms. The topological polar surface area (TPSA) is 72.6 Å². The van der Waals surface area contributed by atoms with Gasteiger partial charge in [0, 0.05) is 20.1 Å². The molecule has 100 valence electrons. The van der Waals surface area contributed by atoms with E-state index in [2.05, 4.69) is 4.74 Å². The van der Waals surface area contributed by atoms with Gasteiger partial charge in [-0.2, -0.15) is 0 Å². The summed E-state index contributed by atoms with van der Waals surface area (Å²) in [5.41, 5.74) is 5.58. The van der Waals surface area contributed by atoms with Gasteiger partial charge < -0.3 is 15.4 Å². The molecule has 2 unspecified atom stereocenters. The van der Waals surface area contributed by atoms with Crippen molar-refractivity contribution in [2.45, 2.75) is 26.7 Å². The first-order valence-electron chi connectivity index (χ1n) is 6.00. The molecule has 2 atom stereocenters. The molecule has 0 saturated carbocycles. The molecule has 0 heterocycles. The third-order valence-electron chi connectivity index (χ3n) is 2.80. The highest BCUT2D eigenvalue weighted by molar-refractivity contribution is 5.80. The van der Waals surface area contributed by atoms with Crippen LogP contribution in [0.4, 0.5) is 0 Å². The number of carbonyl (C=O) groups excluding carboxylic acids is 2. The van der Waals surface area contributed by atoms with Crippen molar-refractivity contribution in [1.82, 2.24) is 4.90 Å². The van der Waals surface area contributed by atoms with Crippen molar-refractivity contribution in [3.63, 3.8) is 0 Å². The molecule has 1 amide bonds. The Hall–Kier alpha value is -1.10. The van der Waals surface area contributed by atoms with E-state index in [9.17, 15) is 9.59 Å². The Morgan fingerprint density at radius 2 is 2.00 bits per heavy atom. The summed E-state index contributed by atoms with van der Waals surface area (Å²) in [6.07, 6.45) is 1.71. The lowest BCUT2D eigenvalue weighted by Crippen LogP contribution is -2.40. The molecule has 5 nitrogen and oxygen atoms in total. The Morgan fingerprint density at radius 1 is 1.41 bits per heavy atom. The van der Waals surface area contributed by atoms with Gasteiger partial charge in [-0.25, -0.2) is 0 Å². The summed E-state index contributed by atoms with van der Waals surface area (Å²) in [7, 11) is 3.04. The average Bonchev–Trinajstić information content (AvgIpc) is 2.33. The molecule has 0 saturated heterocycles. The first kappa shape index (κ1) is 15.9. The molecule has 0 aromatic carbocycles. The van der Waals surface area contributed by atoms with Crippen molar-refractivity contribution < 1.29 is 14.3 Å². The maximum absolute atomic E-state index is 12.0. The Kier molecular flexibility index (Phi) is 7.54. The van der Waals surface area contributed by atoms with Crippen LogP contribution in [0.2, 0.25) is 0 Å². The lowest BCUT2D eigenvalue weighted by Gasteiger charge is -2.24. The summed E-state index contributed by atoms with van der Waals surface area (Å²) in [6.45, 7) is 4.48. The zero-order valence-corrected chi connectivity index (χ0v) is 11.2. The van der Waals surface area contributed by atoms with Crippen molar-refractivity contribution in [2.75, 3.05) is 27.2 Å². The lowest BCUT2D eigenvalue weighted by molar-refractivity contribution is -0.146. The van der Waals surface area contributed by atoms with Crippen molar-refractivity contribution in [1.29, 1.82) is 0 Å². The lowest BCUT2D eigenvalue weighted by atomic mass is 10.0. The molecule has 0 aromatic heterocycles. The first-order chi connectivity index (χ1) is 7.97. The maximum atomic E-state index is 12.0. The molecule has 0 fully saturated rings. The molecule has 0 bridgehead atoms. The predicted octanol–water partition coefficient (Wildman–Crippen LogP) is 0.629. The van der Waals surface area contributed by atoms with E-state index in [0.29, 0.717) is 13.1 Å². The van der Waals surface area contributed by atoms with Gasteiger partial charge in [0.2, 0.25) is 5.91 Å². The van der Waals surface area contributed by atoms with Crippen LogP contribution >= 0.6 is 0 Å². The molecule has 0 aromatic rings. The van der Waals surface area contributed by atoms with E-state index in [0.717, 1.165) is 12.8 Å². The van der Waals surface area contributed by atoms with E-state index in [1.54, 1.807) is 18.9 Å². The first-order valence-corrected chi connectivity index (χ1v) is 6.00. The number of hydrogen-bond acceptors (Lipinski definition) is 4. The van der Waals surface area contributed by atoms with Crippen LogP contribution in [0.3, 0.4) is 0 Å². The van der Waals surface area contributed by atoms with Gasteiger partial charge >= 0.3 is 5.97 Å². The number of ether oxygens (including phenoxy) is 1. The second-order valence-corrected chi connectivity index (χ2v) is 4.36. The standard InChI is InChI=1S/C12H24N2O3/c1-5-6-10(7-13)11(15)14(3)8-9(2)12(16)17-4/h9-10H,5-8,13H2,1-4H3. The van der Waals surface area contributed by atoms with E-state index < -0.39 is 0 Å². The molecule has 2 N–H and O–H groups in total. The number of rotatable bonds is 7. The van der Waals surface area contributed by atoms with E-state index in [1.165, 1.54) is 7.11 Å². The van der Waals surface area contributed by atoms with E-state index in [-0.39, 0.29) is 23.7 Å². The van der Waals surface area contributed by atoms with Gasteiger partial charge in [0.15, 0.2) is 0 Å². The average molecular weight is 244 g/mol. The minimum Gasteiger partial charge on any atom is -0.469 e. The van der Waals surface area contributed by atoms with Gasteiger partial charge in [0.25, 0.3) is 0 Å². The van der Waals surface area contributed by atoms with Gasteiger partial charge in [-0.1, -0.05) is 20.3 Å².